The lowest BCUT2D eigenvalue weighted by Gasteiger charge is -2.03. The van der Waals surface area contributed by atoms with Crippen LogP contribution in [0.4, 0.5) is 0 Å². The van der Waals surface area contributed by atoms with Crippen molar-refractivity contribution in [1.29, 1.82) is 0 Å². The van der Waals surface area contributed by atoms with Crippen molar-refractivity contribution in [3.05, 3.63) is 10.0 Å². The van der Waals surface area contributed by atoms with Crippen molar-refractivity contribution in [3.8, 4) is 0 Å². The number of halogens is 1. The van der Waals surface area contributed by atoms with Crippen LogP contribution in [-0.2, 0) is 6.42 Å². The fourth-order valence-electron chi connectivity index (χ4n) is 1.02. The minimum absolute atomic E-state index is 0.565. The van der Waals surface area contributed by atoms with Crippen LogP contribution in [0.5, 0.6) is 0 Å². The smallest absolute Gasteiger partial charge is 0.118 e. The first kappa shape index (κ1) is 10.1. The van der Waals surface area contributed by atoms with Crippen LogP contribution in [0.25, 0.3) is 0 Å². The molecule has 0 aliphatic heterocycles. The molecule has 1 aromatic rings. The third-order valence-electron chi connectivity index (χ3n) is 1.57. The van der Waals surface area contributed by atoms with Crippen molar-refractivity contribution in [2.24, 2.45) is 0 Å². The number of alkyl halides is 1. The summed E-state index contributed by atoms with van der Waals surface area (Å²) in [6, 6.07) is 0. The van der Waals surface area contributed by atoms with Crippen LogP contribution in [0.2, 0.25) is 0 Å². The largest absolute Gasteiger partial charge is 0.144 e. The highest BCUT2D eigenvalue weighted by Crippen LogP contribution is 2.17. The first-order chi connectivity index (χ1) is 5.72. The van der Waals surface area contributed by atoms with Gasteiger partial charge in [0.1, 0.15) is 10.0 Å². The minimum Gasteiger partial charge on any atom is -0.144 e. The average molecular weight is 249 g/mol. The number of aryl methyl sites for hydroxylation is 1. The summed E-state index contributed by atoms with van der Waals surface area (Å²) in [5.74, 6) is 0. The second-order valence-corrected chi connectivity index (χ2v) is 5.37. The van der Waals surface area contributed by atoms with Gasteiger partial charge in [0.15, 0.2) is 0 Å². The van der Waals surface area contributed by atoms with Crippen LogP contribution < -0.4 is 0 Å². The topological polar surface area (TPSA) is 25.8 Å². The van der Waals surface area contributed by atoms with E-state index in [0.29, 0.717) is 4.83 Å². The number of hydrogen-bond acceptors (Lipinski definition) is 3. The zero-order chi connectivity index (χ0) is 8.97. The molecule has 0 aliphatic rings. The Kier molecular flexibility index (Phi) is 4.15. The molecule has 0 N–H and O–H groups in total. The second kappa shape index (κ2) is 4.92. The highest BCUT2D eigenvalue weighted by molar-refractivity contribution is 9.09. The third kappa shape index (κ3) is 3.19. The molecule has 1 aromatic heterocycles. The standard InChI is InChI=1S/C8H13BrN2S/c1-3-4-7(9)5-8-11-10-6(2)12-8/h7H,3-5H2,1-2H3. The predicted molar refractivity (Wildman–Crippen MR) is 56.0 cm³/mol. The van der Waals surface area contributed by atoms with E-state index >= 15 is 0 Å². The zero-order valence-corrected chi connectivity index (χ0v) is 9.78. The summed E-state index contributed by atoms with van der Waals surface area (Å²) in [5, 5.41) is 10.3. The highest BCUT2D eigenvalue weighted by Gasteiger charge is 2.07. The molecule has 0 spiro atoms. The van der Waals surface area contributed by atoms with Crippen LogP contribution in [-0.4, -0.2) is 15.0 Å². The lowest BCUT2D eigenvalue weighted by Crippen LogP contribution is -2.01. The molecule has 68 valence electrons. The number of aromatic nitrogens is 2. The summed E-state index contributed by atoms with van der Waals surface area (Å²) in [6.45, 7) is 4.18. The molecule has 0 aliphatic carbocycles. The van der Waals surface area contributed by atoms with E-state index in [1.165, 1.54) is 12.8 Å². The summed E-state index contributed by atoms with van der Waals surface area (Å²) in [5.41, 5.74) is 0. The van der Waals surface area contributed by atoms with Gasteiger partial charge in [0, 0.05) is 11.2 Å². The maximum Gasteiger partial charge on any atom is 0.118 e. The molecule has 0 saturated carbocycles. The second-order valence-electron chi connectivity index (χ2n) is 2.80. The van der Waals surface area contributed by atoms with Gasteiger partial charge in [-0.3, -0.25) is 0 Å². The summed E-state index contributed by atoms with van der Waals surface area (Å²) in [4.78, 5) is 0.565. The van der Waals surface area contributed by atoms with E-state index < -0.39 is 0 Å². The summed E-state index contributed by atoms with van der Waals surface area (Å²) in [6.07, 6.45) is 3.44. The minimum atomic E-state index is 0.565. The lowest BCUT2D eigenvalue weighted by atomic mass is 10.2. The van der Waals surface area contributed by atoms with Gasteiger partial charge in [-0.1, -0.05) is 29.3 Å². The highest BCUT2D eigenvalue weighted by atomic mass is 79.9. The van der Waals surface area contributed by atoms with E-state index in [9.17, 15) is 0 Å². The Morgan fingerprint density at radius 3 is 2.75 bits per heavy atom. The number of hydrogen-bond donors (Lipinski definition) is 0. The van der Waals surface area contributed by atoms with Gasteiger partial charge >= 0.3 is 0 Å². The van der Waals surface area contributed by atoms with Crippen LogP contribution in [0.3, 0.4) is 0 Å². The van der Waals surface area contributed by atoms with E-state index in [1.54, 1.807) is 11.3 Å². The molecular formula is C8H13BrN2S. The SMILES string of the molecule is CCCC(Br)Cc1nnc(C)s1. The van der Waals surface area contributed by atoms with Gasteiger partial charge in [-0.15, -0.1) is 21.5 Å². The Labute approximate surface area is 85.5 Å². The van der Waals surface area contributed by atoms with E-state index in [-0.39, 0.29) is 0 Å². The van der Waals surface area contributed by atoms with Crippen LogP contribution in [0, 0.1) is 6.92 Å². The van der Waals surface area contributed by atoms with Crippen molar-refractivity contribution < 1.29 is 0 Å². The van der Waals surface area contributed by atoms with E-state index in [1.807, 2.05) is 6.92 Å². The fraction of sp³-hybridized carbons (Fsp3) is 0.750. The van der Waals surface area contributed by atoms with Crippen LogP contribution in [0.15, 0.2) is 0 Å². The molecule has 0 amide bonds. The third-order valence-corrected chi connectivity index (χ3v) is 3.21. The predicted octanol–water partition coefficient (Wildman–Crippen LogP) is 2.95. The van der Waals surface area contributed by atoms with Crippen molar-refractivity contribution in [2.75, 3.05) is 0 Å². The summed E-state index contributed by atoms with van der Waals surface area (Å²) < 4.78 is 0. The first-order valence-electron chi connectivity index (χ1n) is 4.15. The molecule has 1 atom stereocenters. The number of nitrogens with zero attached hydrogens (tertiary/aromatic N) is 2. The van der Waals surface area contributed by atoms with Gasteiger partial charge in [-0.05, 0) is 13.3 Å². The molecule has 1 rings (SSSR count). The fourth-order valence-corrected chi connectivity index (χ4v) is 2.79. The molecule has 12 heavy (non-hydrogen) atoms. The Bertz CT molecular complexity index is 237. The average Bonchev–Trinajstić information content (AvgIpc) is 2.36. The van der Waals surface area contributed by atoms with Gasteiger partial charge in [0.05, 0.1) is 0 Å². The molecule has 0 saturated heterocycles. The molecule has 1 heterocycles. The zero-order valence-electron chi connectivity index (χ0n) is 7.38. The Hall–Kier alpha value is 0.0400. The molecule has 1 unspecified atom stereocenters. The molecule has 0 radical (unpaired) electrons. The van der Waals surface area contributed by atoms with Gasteiger partial charge in [-0.2, -0.15) is 0 Å². The Morgan fingerprint density at radius 1 is 1.50 bits per heavy atom. The van der Waals surface area contributed by atoms with Crippen LogP contribution in [0.1, 0.15) is 29.8 Å². The molecule has 0 bridgehead atoms. The lowest BCUT2D eigenvalue weighted by molar-refractivity contribution is 0.736. The van der Waals surface area contributed by atoms with Crippen molar-refractivity contribution >= 4 is 27.3 Å². The Morgan fingerprint density at radius 2 is 2.25 bits per heavy atom. The maximum atomic E-state index is 4.08. The van der Waals surface area contributed by atoms with Crippen molar-refractivity contribution in [3.63, 3.8) is 0 Å². The number of rotatable bonds is 4. The van der Waals surface area contributed by atoms with E-state index in [4.69, 9.17) is 0 Å². The van der Waals surface area contributed by atoms with Gasteiger partial charge in [0.25, 0.3) is 0 Å². The molecule has 2 nitrogen and oxygen atoms in total. The maximum absolute atomic E-state index is 4.08. The van der Waals surface area contributed by atoms with E-state index in [2.05, 4.69) is 33.1 Å². The van der Waals surface area contributed by atoms with E-state index in [0.717, 1.165) is 16.4 Å². The van der Waals surface area contributed by atoms with Gasteiger partial charge < -0.3 is 0 Å². The van der Waals surface area contributed by atoms with Crippen molar-refractivity contribution in [2.45, 2.75) is 37.9 Å². The Balaban J connectivity index is 2.41. The monoisotopic (exact) mass is 248 g/mol. The molecule has 4 heteroatoms. The van der Waals surface area contributed by atoms with Gasteiger partial charge in [0.2, 0.25) is 0 Å². The summed E-state index contributed by atoms with van der Waals surface area (Å²) >= 11 is 5.31. The van der Waals surface area contributed by atoms with Crippen LogP contribution >= 0.6 is 27.3 Å². The first-order valence-corrected chi connectivity index (χ1v) is 5.88. The summed E-state index contributed by atoms with van der Waals surface area (Å²) in [7, 11) is 0. The molecular weight excluding hydrogens is 236 g/mol. The normalized spacial score (nSPS) is 13.2. The van der Waals surface area contributed by atoms with Crippen molar-refractivity contribution in [1.82, 2.24) is 10.2 Å². The van der Waals surface area contributed by atoms with Gasteiger partial charge in [-0.25, -0.2) is 0 Å². The quantitative estimate of drug-likeness (QED) is 0.767. The molecule has 0 fully saturated rings. The molecule has 0 aromatic carbocycles.